The first-order valence-electron chi connectivity index (χ1n) is 5.98. The number of carbonyl (C=O) groups excluding carboxylic acids is 1. The Morgan fingerprint density at radius 3 is 2.63 bits per heavy atom. The molecule has 1 amide bonds. The van der Waals surface area contributed by atoms with Crippen molar-refractivity contribution in [2.75, 3.05) is 5.32 Å². The third-order valence-electron chi connectivity index (χ3n) is 3.36. The van der Waals surface area contributed by atoms with Crippen LogP contribution in [0.3, 0.4) is 0 Å². The third kappa shape index (κ3) is 3.12. The van der Waals surface area contributed by atoms with Gasteiger partial charge in [0.1, 0.15) is 5.82 Å². The second kappa shape index (κ2) is 5.69. The van der Waals surface area contributed by atoms with Gasteiger partial charge < -0.3 is 10.4 Å². The number of rotatable bonds is 3. The van der Waals surface area contributed by atoms with Crippen LogP contribution in [0, 0.1) is 17.7 Å². The lowest BCUT2D eigenvalue weighted by atomic mass is 9.95. The first-order chi connectivity index (χ1) is 8.99. The summed E-state index contributed by atoms with van der Waals surface area (Å²) in [5.41, 5.74) is 0.447. The van der Waals surface area contributed by atoms with Crippen molar-refractivity contribution in [2.45, 2.75) is 19.3 Å². The van der Waals surface area contributed by atoms with Gasteiger partial charge in [-0.2, -0.15) is 0 Å². The highest BCUT2D eigenvalue weighted by Gasteiger charge is 2.37. The predicted molar refractivity (Wildman–Crippen MR) is 71.2 cm³/mol. The fraction of sp³-hybridized carbons (Fsp3) is 0.385. The average molecular weight is 330 g/mol. The molecule has 1 fully saturated rings. The van der Waals surface area contributed by atoms with E-state index >= 15 is 0 Å². The van der Waals surface area contributed by atoms with Crippen molar-refractivity contribution < 1.29 is 19.1 Å². The molecule has 0 aromatic heterocycles. The zero-order valence-corrected chi connectivity index (χ0v) is 11.6. The molecule has 0 aliphatic heterocycles. The highest BCUT2D eigenvalue weighted by Crippen LogP contribution is 2.33. The second-order valence-corrected chi connectivity index (χ2v) is 5.45. The summed E-state index contributed by atoms with van der Waals surface area (Å²) in [6.45, 7) is 0. The van der Waals surface area contributed by atoms with Crippen molar-refractivity contribution in [3.05, 3.63) is 28.5 Å². The van der Waals surface area contributed by atoms with E-state index in [4.69, 9.17) is 5.11 Å². The number of anilines is 1. The molecule has 0 heterocycles. The summed E-state index contributed by atoms with van der Waals surface area (Å²) < 4.78 is 13.4. The lowest BCUT2D eigenvalue weighted by Gasteiger charge is -2.16. The maximum atomic E-state index is 12.9. The van der Waals surface area contributed by atoms with E-state index in [-0.39, 0.29) is 5.91 Å². The zero-order valence-electron chi connectivity index (χ0n) is 10.0. The molecule has 2 rings (SSSR count). The van der Waals surface area contributed by atoms with Crippen LogP contribution in [0.2, 0.25) is 0 Å². The van der Waals surface area contributed by atoms with E-state index in [1.807, 2.05) is 0 Å². The molecule has 1 aromatic rings. The van der Waals surface area contributed by atoms with Crippen molar-refractivity contribution in [1.29, 1.82) is 0 Å². The molecule has 1 aliphatic rings. The fourth-order valence-corrected chi connectivity index (χ4v) is 2.84. The fourth-order valence-electron chi connectivity index (χ4n) is 2.39. The maximum absolute atomic E-state index is 12.9. The molecular formula is C13H13BrFNO3. The Hall–Kier alpha value is -1.43. The van der Waals surface area contributed by atoms with Crippen LogP contribution in [0.1, 0.15) is 19.3 Å². The Kier molecular flexibility index (Phi) is 4.19. The molecule has 0 unspecified atom stereocenters. The summed E-state index contributed by atoms with van der Waals surface area (Å²) >= 11 is 3.16. The first kappa shape index (κ1) is 14.0. The summed E-state index contributed by atoms with van der Waals surface area (Å²) in [5, 5.41) is 11.7. The summed E-state index contributed by atoms with van der Waals surface area (Å²) in [4.78, 5) is 23.1. The number of hydrogen-bond acceptors (Lipinski definition) is 2. The summed E-state index contributed by atoms with van der Waals surface area (Å²) in [7, 11) is 0. The predicted octanol–water partition coefficient (Wildman–Crippen LogP) is 3.03. The normalized spacial score (nSPS) is 22.2. The average Bonchev–Trinajstić information content (AvgIpc) is 2.82. The van der Waals surface area contributed by atoms with Crippen LogP contribution < -0.4 is 5.32 Å². The van der Waals surface area contributed by atoms with Gasteiger partial charge in [-0.05, 0) is 47.0 Å². The Morgan fingerprint density at radius 2 is 2.00 bits per heavy atom. The highest BCUT2D eigenvalue weighted by atomic mass is 79.9. The Morgan fingerprint density at radius 1 is 1.32 bits per heavy atom. The monoisotopic (exact) mass is 329 g/mol. The zero-order chi connectivity index (χ0) is 14.0. The van der Waals surface area contributed by atoms with Crippen LogP contribution in [-0.4, -0.2) is 17.0 Å². The SMILES string of the molecule is O=C(O)[C@H]1CCC[C@H]1C(=O)Nc1ccc(F)cc1Br. The van der Waals surface area contributed by atoms with Gasteiger partial charge in [0, 0.05) is 4.47 Å². The Labute approximate surface area is 118 Å². The minimum absolute atomic E-state index is 0.322. The number of nitrogens with one attached hydrogen (secondary N) is 1. The quantitative estimate of drug-likeness (QED) is 0.895. The summed E-state index contributed by atoms with van der Waals surface area (Å²) in [6.07, 6.45) is 1.83. The molecular weight excluding hydrogens is 317 g/mol. The smallest absolute Gasteiger partial charge is 0.307 e. The van der Waals surface area contributed by atoms with Gasteiger partial charge in [-0.15, -0.1) is 0 Å². The molecule has 2 N–H and O–H groups in total. The van der Waals surface area contributed by atoms with E-state index in [1.54, 1.807) is 0 Å². The van der Waals surface area contributed by atoms with E-state index in [0.29, 0.717) is 23.0 Å². The lowest BCUT2D eigenvalue weighted by molar-refractivity contribution is -0.145. The standard InChI is InChI=1S/C13H13BrFNO3/c14-10-6-7(15)4-5-11(10)16-12(17)8-2-1-3-9(8)13(18)19/h4-6,8-9H,1-3H2,(H,16,17)(H,18,19)/t8-,9+/m1/s1. The molecule has 0 radical (unpaired) electrons. The Balaban J connectivity index is 2.10. The first-order valence-corrected chi connectivity index (χ1v) is 6.77. The van der Waals surface area contributed by atoms with Gasteiger partial charge in [-0.25, -0.2) is 4.39 Å². The Bertz CT molecular complexity index is 521. The van der Waals surface area contributed by atoms with Crippen molar-refractivity contribution in [1.82, 2.24) is 0 Å². The van der Waals surface area contributed by atoms with Crippen LogP contribution in [0.4, 0.5) is 10.1 Å². The van der Waals surface area contributed by atoms with Gasteiger partial charge >= 0.3 is 5.97 Å². The second-order valence-electron chi connectivity index (χ2n) is 4.60. The number of benzene rings is 1. The number of carboxylic acid groups (broad SMARTS) is 1. The van der Waals surface area contributed by atoms with Gasteiger partial charge in [0.2, 0.25) is 5.91 Å². The number of aliphatic carboxylic acids is 1. The largest absolute Gasteiger partial charge is 0.481 e. The highest BCUT2D eigenvalue weighted by molar-refractivity contribution is 9.10. The molecule has 1 aromatic carbocycles. The number of amides is 1. The molecule has 1 saturated carbocycles. The van der Waals surface area contributed by atoms with Crippen LogP contribution in [0.25, 0.3) is 0 Å². The van der Waals surface area contributed by atoms with Gasteiger partial charge in [0.15, 0.2) is 0 Å². The number of halogens is 2. The molecule has 102 valence electrons. The van der Waals surface area contributed by atoms with Crippen LogP contribution in [-0.2, 0) is 9.59 Å². The molecule has 4 nitrogen and oxygen atoms in total. The van der Waals surface area contributed by atoms with Crippen LogP contribution in [0.15, 0.2) is 22.7 Å². The number of carboxylic acids is 1. The topological polar surface area (TPSA) is 66.4 Å². The van der Waals surface area contributed by atoms with Crippen molar-refractivity contribution in [2.24, 2.45) is 11.8 Å². The molecule has 2 atom stereocenters. The van der Waals surface area contributed by atoms with Crippen molar-refractivity contribution in [3.63, 3.8) is 0 Å². The summed E-state index contributed by atoms with van der Waals surface area (Å²) in [5.74, 6) is -2.81. The van der Waals surface area contributed by atoms with Gasteiger partial charge in [0.25, 0.3) is 0 Å². The van der Waals surface area contributed by atoms with E-state index in [2.05, 4.69) is 21.2 Å². The van der Waals surface area contributed by atoms with E-state index in [1.165, 1.54) is 18.2 Å². The maximum Gasteiger partial charge on any atom is 0.307 e. The minimum atomic E-state index is -0.934. The number of hydrogen-bond donors (Lipinski definition) is 2. The van der Waals surface area contributed by atoms with E-state index in [9.17, 15) is 14.0 Å². The molecule has 1 aliphatic carbocycles. The molecule has 0 saturated heterocycles. The van der Waals surface area contributed by atoms with Crippen molar-refractivity contribution >= 4 is 33.5 Å². The van der Waals surface area contributed by atoms with Gasteiger partial charge in [0.05, 0.1) is 17.5 Å². The van der Waals surface area contributed by atoms with Crippen molar-refractivity contribution in [3.8, 4) is 0 Å². The summed E-state index contributed by atoms with van der Waals surface area (Å²) in [6, 6.07) is 3.94. The van der Waals surface area contributed by atoms with Crippen LogP contribution in [0.5, 0.6) is 0 Å². The number of carbonyl (C=O) groups is 2. The molecule has 19 heavy (non-hydrogen) atoms. The van der Waals surface area contributed by atoms with E-state index in [0.717, 1.165) is 6.42 Å². The van der Waals surface area contributed by atoms with Crippen LogP contribution >= 0.6 is 15.9 Å². The third-order valence-corrected chi connectivity index (χ3v) is 4.02. The minimum Gasteiger partial charge on any atom is -0.481 e. The lowest BCUT2D eigenvalue weighted by Crippen LogP contribution is -2.30. The molecule has 0 spiro atoms. The molecule has 0 bridgehead atoms. The van der Waals surface area contributed by atoms with Gasteiger partial charge in [-0.1, -0.05) is 6.42 Å². The molecule has 6 heteroatoms. The van der Waals surface area contributed by atoms with Gasteiger partial charge in [-0.3, -0.25) is 9.59 Å². The van der Waals surface area contributed by atoms with E-state index < -0.39 is 23.6 Å².